The maximum atomic E-state index is 5.64. The van der Waals surface area contributed by atoms with Crippen LogP contribution in [0.5, 0.6) is 0 Å². The van der Waals surface area contributed by atoms with E-state index in [1.165, 1.54) is 0 Å². The van der Waals surface area contributed by atoms with Crippen LogP contribution >= 0.6 is 0 Å². The van der Waals surface area contributed by atoms with Gasteiger partial charge in [-0.05, 0) is 25.3 Å². The summed E-state index contributed by atoms with van der Waals surface area (Å²) in [6, 6.07) is 0. The van der Waals surface area contributed by atoms with Gasteiger partial charge in [0.2, 0.25) is 11.7 Å². The molecule has 0 fully saturated rings. The van der Waals surface area contributed by atoms with Crippen LogP contribution < -0.4 is 5.32 Å². The molecule has 0 amide bonds. The predicted molar refractivity (Wildman–Crippen MR) is 70.0 cm³/mol. The molecule has 0 radical (unpaired) electrons. The molecule has 0 aromatic carbocycles. The quantitative estimate of drug-likeness (QED) is 0.773. The molecule has 1 N–H and O–H groups in total. The summed E-state index contributed by atoms with van der Waals surface area (Å²) in [4.78, 5) is 4.38. The first-order chi connectivity index (χ1) is 8.54. The van der Waals surface area contributed by atoms with E-state index in [0.29, 0.717) is 36.7 Å². The van der Waals surface area contributed by atoms with E-state index in [1.807, 2.05) is 6.92 Å². The summed E-state index contributed by atoms with van der Waals surface area (Å²) in [5.74, 6) is 2.21. The van der Waals surface area contributed by atoms with Gasteiger partial charge in [-0.2, -0.15) is 4.98 Å². The maximum absolute atomic E-state index is 5.64. The van der Waals surface area contributed by atoms with Crippen molar-refractivity contribution in [2.75, 3.05) is 13.2 Å². The maximum Gasteiger partial charge on any atom is 0.240 e. The van der Waals surface area contributed by atoms with E-state index in [1.54, 1.807) is 0 Å². The van der Waals surface area contributed by atoms with Crippen molar-refractivity contribution < 1.29 is 9.26 Å². The molecule has 0 spiro atoms. The lowest BCUT2D eigenvalue weighted by Crippen LogP contribution is -2.19. The highest BCUT2D eigenvalue weighted by Gasteiger charge is 2.21. The number of rotatable bonds is 8. The Hall–Kier alpha value is -0.940. The third kappa shape index (κ3) is 4.74. The van der Waals surface area contributed by atoms with Crippen molar-refractivity contribution >= 4 is 0 Å². The highest BCUT2D eigenvalue weighted by molar-refractivity contribution is 4.92. The zero-order chi connectivity index (χ0) is 13.5. The number of ether oxygens (including phenoxy) is 1. The van der Waals surface area contributed by atoms with Gasteiger partial charge in [0.1, 0.15) is 6.10 Å². The first-order valence-electron chi connectivity index (χ1n) is 6.69. The molecule has 18 heavy (non-hydrogen) atoms. The third-order valence-corrected chi connectivity index (χ3v) is 2.52. The third-order valence-electron chi connectivity index (χ3n) is 2.52. The van der Waals surface area contributed by atoms with Crippen LogP contribution in [0.15, 0.2) is 4.52 Å². The fraction of sp³-hybridized carbons (Fsp3) is 0.846. The number of hydrogen-bond acceptors (Lipinski definition) is 5. The van der Waals surface area contributed by atoms with Crippen LogP contribution in [0.2, 0.25) is 0 Å². The Morgan fingerprint density at radius 2 is 2.00 bits per heavy atom. The summed E-state index contributed by atoms with van der Waals surface area (Å²) in [5.41, 5.74) is 0. The van der Waals surface area contributed by atoms with Crippen LogP contribution in [0, 0.1) is 11.8 Å². The molecule has 104 valence electrons. The number of hydrogen-bond donors (Lipinski definition) is 1. The molecule has 1 rings (SSSR count). The summed E-state index contributed by atoms with van der Waals surface area (Å²) in [5, 5.41) is 7.28. The van der Waals surface area contributed by atoms with Crippen LogP contribution in [-0.4, -0.2) is 23.3 Å². The first-order valence-corrected chi connectivity index (χ1v) is 6.69. The standard InChI is InChI=1S/C13H25N3O2/c1-6-17-12(10(4)5)13-15-11(18-16-13)8-14-7-9(2)3/h9-10,12,14H,6-8H2,1-5H3. The molecule has 0 aliphatic carbocycles. The second kappa shape index (κ2) is 7.48. The Labute approximate surface area is 109 Å². The molecule has 0 aliphatic rings. The molecule has 0 saturated carbocycles. The number of nitrogens with zero attached hydrogens (tertiary/aromatic N) is 2. The highest BCUT2D eigenvalue weighted by atomic mass is 16.5. The van der Waals surface area contributed by atoms with Crippen molar-refractivity contribution in [3.63, 3.8) is 0 Å². The molecular formula is C13H25N3O2. The van der Waals surface area contributed by atoms with Gasteiger partial charge in [-0.1, -0.05) is 32.9 Å². The van der Waals surface area contributed by atoms with Crippen LogP contribution in [0.4, 0.5) is 0 Å². The van der Waals surface area contributed by atoms with Crippen molar-refractivity contribution in [2.45, 2.75) is 47.3 Å². The second-order valence-electron chi connectivity index (χ2n) is 5.19. The fourth-order valence-electron chi connectivity index (χ4n) is 1.67. The molecule has 1 atom stereocenters. The molecule has 1 heterocycles. The lowest BCUT2D eigenvalue weighted by Gasteiger charge is -2.16. The van der Waals surface area contributed by atoms with E-state index in [9.17, 15) is 0 Å². The molecule has 5 nitrogen and oxygen atoms in total. The topological polar surface area (TPSA) is 60.2 Å². The van der Waals surface area contributed by atoms with E-state index in [4.69, 9.17) is 9.26 Å². The van der Waals surface area contributed by atoms with Crippen molar-refractivity contribution in [1.29, 1.82) is 0 Å². The normalized spacial score (nSPS) is 13.5. The van der Waals surface area contributed by atoms with Gasteiger partial charge >= 0.3 is 0 Å². The average Bonchev–Trinajstić information content (AvgIpc) is 2.73. The minimum atomic E-state index is -0.0856. The Morgan fingerprint density at radius 3 is 2.56 bits per heavy atom. The van der Waals surface area contributed by atoms with Crippen molar-refractivity contribution in [3.05, 3.63) is 11.7 Å². The number of nitrogens with one attached hydrogen (secondary N) is 1. The van der Waals surface area contributed by atoms with Crippen LogP contribution in [0.25, 0.3) is 0 Å². The van der Waals surface area contributed by atoms with Crippen molar-refractivity contribution in [2.24, 2.45) is 11.8 Å². The summed E-state index contributed by atoms with van der Waals surface area (Å²) in [7, 11) is 0. The van der Waals surface area contributed by atoms with Crippen molar-refractivity contribution in [3.8, 4) is 0 Å². The van der Waals surface area contributed by atoms with Gasteiger partial charge in [-0.3, -0.25) is 0 Å². The molecule has 0 bridgehead atoms. The summed E-state index contributed by atoms with van der Waals surface area (Å²) < 4.78 is 10.9. The molecule has 0 saturated heterocycles. The monoisotopic (exact) mass is 255 g/mol. The molecule has 1 aromatic heterocycles. The summed E-state index contributed by atoms with van der Waals surface area (Å²) in [6.45, 7) is 12.7. The largest absolute Gasteiger partial charge is 0.370 e. The molecule has 1 aromatic rings. The fourth-order valence-corrected chi connectivity index (χ4v) is 1.67. The van der Waals surface area contributed by atoms with Gasteiger partial charge in [0.15, 0.2) is 0 Å². The van der Waals surface area contributed by atoms with Crippen LogP contribution in [0.3, 0.4) is 0 Å². The Bertz CT molecular complexity index is 337. The van der Waals surface area contributed by atoms with Gasteiger partial charge in [-0.25, -0.2) is 0 Å². The van der Waals surface area contributed by atoms with E-state index in [2.05, 4.69) is 43.2 Å². The lowest BCUT2D eigenvalue weighted by molar-refractivity contribution is 0.0217. The minimum Gasteiger partial charge on any atom is -0.370 e. The average molecular weight is 255 g/mol. The predicted octanol–water partition coefficient (Wildman–Crippen LogP) is 2.55. The zero-order valence-electron chi connectivity index (χ0n) is 12.1. The first kappa shape index (κ1) is 15.1. The van der Waals surface area contributed by atoms with Crippen LogP contribution in [-0.2, 0) is 11.3 Å². The van der Waals surface area contributed by atoms with Gasteiger partial charge in [0, 0.05) is 6.61 Å². The Balaban J connectivity index is 2.55. The van der Waals surface area contributed by atoms with Gasteiger partial charge in [0.25, 0.3) is 0 Å². The Morgan fingerprint density at radius 1 is 1.28 bits per heavy atom. The SMILES string of the molecule is CCOC(c1noc(CNCC(C)C)n1)C(C)C. The molecule has 1 unspecified atom stereocenters. The Kier molecular flexibility index (Phi) is 6.29. The van der Waals surface area contributed by atoms with E-state index >= 15 is 0 Å². The van der Waals surface area contributed by atoms with Gasteiger partial charge in [0.05, 0.1) is 6.54 Å². The van der Waals surface area contributed by atoms with Crippen molar-refractivity contribution in [1.82, 2.24) is 15.5 Å². The van der Waals surface area contributed by atoms with E-state index in [0.717, 1.165) is 6.54 Å². The molecular weight excluding hydrogens is 230 g/mol. The van der Waals surface area contributed by atoms with Gasteiger partial charge in [-0.15, -0.1) is 0 Å². The molecule has 0 aliphatic heterocycles. The smallest absolute Gasteiger partial charge is 0.240 e. The lowest BCUT2D eigenvalue weighted by atomic mass is 10.1. The summed E-state index contributed by atoms with van der Waals surface area (Å²) >= 11 is 0. The van der Waals surface area contributed by atoms with Gasteiger partial charge < -0.3 is 14.6 Å². The van der Waals surface area contributed by atoms with Crippen LogP contribution in [0.1, 0.15) is 52.4 Å². The van der Waals surface area contributed by atoms with E-state index < -0.39 is 0 Å². The summed E-state index contributed by atoms with van der Waals surface area (Å²) in [6.07, 6.45) is -0.0856. The second-order valence-corrected chi connectivity index (χ2v) is 5.19. The minimum absolute atomic E-state index is 0.0856. The zero-order valence-corrected chi connectivity index (χ0v) is 12.1. The molecule has 5 heteroatoms. The van der Waals surface area contributed by atoms with E-state index in [-0.39, 0.29) is 6.10 Å². The highest BCUT2D eigenvalue weighted by Crippen LogP contribution is 2.23. The number of aromatic nitrogens is 2.